The first-order chi connectivity index (χ1) is 12.6. The molecule has 0 bridgehead atoms. The number of hydrogen-bond donors (Lipinski definition) is 1. The summed E-state index contributed by atoms with van der Waals surface area (Å²) in [5.41, 5.74) is 3.32. The number of carboxylic acid groups (broad SMARTS) is 1. The van der Waals surface area contributed by atoms with Gasteiger partial charge < -0.3 is 9.84 Å². The number of carboxylic acids is 1. The number of ether oxygens (including phenoxy) is 1. The Bertz CT molecular complexity index is 883. The van der Waals surface area contributed by atoms with E-state index in [1.165, 1.54) is 0 Å². The van der Waals surface area contributed by atoms with E-state index in [1.54, 1.807) is 6.20 Å². The lowest BCUT2D eigenvalue weighted by Gasteiger charge is -2.10. The average molecular weight is 369 g/mol. The van der Waals surface area contributed by atoms with E-state index < -0.39 is 5.97 Å². The lowest BCUT2D eigenvalue weighted by molar-refractivity contribution is -0.137. The number of aromatic nitrogens is 2. The van der Waals surface area contributed by atoms with Gasteiger partial charge in [0, 0.05) is 23.7 Å². The molecule has 6 heteroatoms. The molecule has 0 fully saturated rings. The smallest absolute Gasteiger partial charge is 0.303 e. The average Bonchev–Trinajstić information content (AvgIpc) is 2.66. The molecule has 26 heavy (non-hydrogen) atoms. The van der Waals surface area contributed by atoms with E-state index in [-0.39, 0.29) is 13.0 Å². The molecule has 0 radical (unpaired) electrons. The Balaban J connectivity index is 1.91. The summed E-state index contributed by atoms with van der Waals surface area (Å²) >= 11 is 5.97. The normalized spacial score (nSPS) is 10.5. The molecule has 0 saturated heterocycles. The molecule has 1 aromatic carbocycles. The standard InChI is InChI=1S/C20H17ClN2O3/c21-16-8-6-14(7-9-16)15-12-18(17-4-1-2-10-22-17)23-19(13-15)26-11-3-5-20(24)25/h1-2,4,6-10,12-13H,3,5,11H2,(H,24,25). The minimum Gasteiger partial charge on any atom is -0.481 e. The molecule has 0 atom stereocenters. The van der Waals surface area contributed by atoms with Crippen LogP contribution in [0.1, 0.15) is 12.8 Å². The molecule has 0 unspecified atom stereocenters. The van der Waals surface area contributed by atoms with Gasteiger partial charge in [0.25, 0.3) is 0 Å². The molecule has 0 aliphatic carbocycles. The van der Waals surface area contributed by atoms with Crippen LogP contribution in [0.2, 0.25) is 5.02 Å². The van der Waals surface area contributed by atoms with Gasteiger partial charge in [-0.1, -0.05) is 29.8 Å². The molecule has 0 spiro atoms. The fourth-order valence-electron chi connectivity index (χ4n) is 2.43. The second-order valence-corrected chi connectivity index (χ2v) is 6.08. The van der Waals surface area contributed by atoms with Crippen molar-refractivity contribution in [2.75, 3.05) is 6.61 Å². The minimum atomic E-state index is -0.842. The van der Waals surface area contributed by atoms with Crippen molar-refractivity contribution >= 4 is 17.6 Å². The quantitative estimate of drug-likeness (QED) is 0.611. The molecule has 5 nitrogen and oxygen atoms in total. The van der Waals surface area contributed by atoms with Gasteiger partial charge in [-0.2, -0.15) is 0 Å². The maximum Gasteiger partial charge on any atom is 0.303 e. The number of halogens is 1. The van der Waals surface area contributed by atoms with Crippen molar-refractivity contribution in [3.8, 4) is 28.4 Å². The molecular formula is C20H17ClN2O3. The van der Waals surface area contributed by atoms with Crippen LogP contribution in [0, 0.1) is 0 Å². The third kappa shape index (κ3) is 4.80. The van der Waals surface area contributed by atoms with Gasteiger partial charge in [0.15, 0.2) is 0 Å². The SMILES string of the molecule is O=C(O)CCCOc1cc(-c2ccc(Cl)cc2)cc(-c2ccccn2)n1. The first-order valence-electron chi connectivity index (χ1n) is 8.16. The minimum absolute atomic E-state index is 0.0595. The zero-order chi connectivity index (χ0) is 18.4. The summed E-state index contributed by atoms with van der Waals surface area (Å²) < 4.78 is 5.68. The Kier molecular flexibility index (Phi) is 5.81. The molecule has 0 amide bonds. The molecule has 1 N–H and O–H groups in total. The van der Waals surface area contributed by atoms with E-state index in [4.69, 9.17) is 21.4 Å². The fraction of sp³-hybridized carbons (Fsp3) is 0.150. The summed E-state index contributed by atoms with van der Waals surface area (Å²) in [7, 11) is 0. The summed E-state index contributed by atoms with van der Waals surface area (Å²) in [5.74, 6) is -0.408. The van der Waals surface area contributed by atoms with Crippen LogP contribution in [0.3, 0.4) is 0 Å². The molecule has 0 aliphatic heterocycles. The fourth-order valence-corrected chi connectivity index (χ4v) is 2.56. The topological polar surface area (TPSA) is 72.3 Å². The van der Waals surface area contributed by atoms with Gasteiger partial charge in [-0.05, 0) is 47.9 Å². The summed E-state index contributed by atoms with van der Waals surface area (Å²) in [6.07, 6.45) is 2.18. The van der Waals surface area contributed by atoms with Gasteiger partial charge in [0.05, 0.1) is 18.0 Å². The summed E-state index contributed by atoms with van der Waals surface area (Å²) in [6, 6.07) is 16.9. The first-order valence-corrected chi connectivity index (χ1v) is 8.53. The van der Waals surface area contributed by atoms with Crippen molar-refractivity contribution in [3.05, 3.63) is 65.8 Å². The summed E-state index contributed by atoms with van der Waals surface area (Å²) in [4.78, 5) is 19.5. The van der Waals surface area contributed by atoms with Gasteiger partial charge in [0.1, 0.15) is 0 Å². The maximum absolute atomic E-state index is 10.6. The van der Waals surface area contributed by atoms with Crippen LogP contribution in [0.4, 0.5) is 0 Å². The van der Waals surface area contributed by atoms with Gasteiger partial charge in [0.2, 0.25) is 5.88 Å². The second-order valence-electron chi connectivity index (χ2n) is 5.65. The first kappa shape index (κ1) is 17.9. The van der Waals surface area contributed by atoms with E-state index >= 15 is 0 Å². The molecule has 2 aromatic heterocycles. The molecular weight excluding hydrogens is 352 g/mol. The zero-order valence-corrected chi connectivity index (χ0v) is 14.7. The molecule has 132 valence electrons. The number of pyridine rings is 2. The van der Waals surface area contributed by atoms with Crippen LogP contribution in [-0.4, -0.2) is 27.7 Å². The van der Waals surface area contributed by atoms with Crippen molar-refractivity contribution in [1.29, 1.82) is 0 Å². The van der Waals surface area contributed by atoms with Crippen LogP contribution in [0.5, 0.6) is 5.88 Å². The number of aliphatic carboxylic acids is 1. The monoisotopic (exact) mass is 368 g/mol. The predicted molar refractivity (Wildman–Crippen MR) is 100 cm³/mol. The lowest BCUT2D eigenvalue weighted by atomic mass is 10.1. The van der Waals surface area contributed by atoms with E-state index in [9.17, 15) is 4.79 Å². The lowest BCUT2D eigenvalue weighted by Crippen LogP contribution is -2.04. The molecule has 3 rings (SSSR count). The van der Waals surface area contributed by atoms with E-state index in [0.29, 0.717) is 23.0 Å². The highest BCUT2D eigenvalue weighted by Gasteiger charge is 2.09. The van der Waals surface area contributed by atoms with Crippen molar-refractivity contribution in [2.45, 2.75) is 12.8 Å². The molecule has 0 aliphatic rings. The molecule has 0 saturated carbocycles. The van der Waals surface area contributed by atoms with Crippen molar-refractivity contribution in [1.82, 2.24) is 9.97 Å². The van der Waals surface area contributed by atoms with Crippen molar-refractivity contribution < 1.29 is 14.6 Å². The maximum atomic E-state index is 10.6. The Morgan fingerprint density at radius 2 is 1.85 bits per heavy atom. The molecule has 2 heterocycles. The van der Waals surface area contributed by atoms with Crippen molar-refractivity contribution in [3.63, 3.8) is 0 Å². The number of nitrogens with zero attached hydrogens (tertiary/aromatic N) is 2. The zero-order valence-electron chi connectivity index (χ0n) is 13.9. The third-order valence-corrected chi connectivity index (χ3v) is 3.94. The largest absolute Gasteiger partial charge is 0.481 e. The Morgan fingerprint density at radius 1 is 1.04 bits per heavy atom. The number of benzene rings is 1. The van der Waals surface area contributed by atoms with E-state index in [2.05, 4.69) is 9.97 Å². The van der Waals surface area contributed by atoms with Gasteiger partial charge in [-0.3, -0.25) is 9.78 Å². The highest BCUT2D eigenvalue weighted by atomic mass is 35.5. The highest BCUT2D eigenvalue weighted by Crippen LogP contribution is 2.28. The summed E-state index contributed by atoms with van der Waals surface area (Å²) in [6.45, 7) is 0.283. The third-order valence-electron chi connectivity index (χ3n) is 3.69. The van der Waals surface area contributed by atoms with Gasteiger partial charge >= 0.3 is 5.97 Å². The highest BCUT2D eigenvalue weighted by molar-refractivity contribution is 6.30. The van der Waals surface area contributed by atoms with Gasteiger partial charge in [-0.15, -0.1) is 0 Å². The van der Waals surface area contributed by atoms with Crippen LogP contribution in [-0.2, 0) is 4.79 Å². The summed E-state index contributed by atoms with van der Waals surface area (Å²) in [5, 5.41) is 9.39. The Hall–Kier alpha value is -2.92. The Labute approximate surface area is 156 Å². The Morgan fingerprint density at radius 3 is 2.54 bits per heavy atom. The predicted octanol–water partition coefficient (Wildman–Crippen LogP) is 4.71. The van der Waals surface area contributed by atoms with Crippen molar-refractivity contribution in [2.24, 2.45) is 0 Å². The second kappa shape index (κ2) is 8.45. The van der Waals surface area contributed by atoms with Crippen LogP contribution in [0.15, 0.2) is 60.8 Å². The number of hydrogen-bond acceptors (Lipinski definition) is 4. The number of rotatable bonds is 7. The molecule has 3 aromatic rings. The van der Waals surface area contributed by atoms with Crippen LogP contribution >= 0.6 is 11.6 Å². The van der Waals surface area contributed by atoms with E-state index in [1.807, 2.05) is 54.6 Å². The van der Waals surface area contributed by atoms with Crippen LogP contribution in [0.25, 0.3) is 22.5 Å². The van der Waals surface area contributed by atoms with E-state index in [0.717, 1.165) is 16.8 Å². The number of carbonyl (C=O) groups is 1. The van der Waals surface area contributed by atoms with Crippen LogP contribution < -0.4 is 4.74 Å². The van der Waals surface area contributed by atoms with Gasteiger partial charge in [-0.25, -0.2) is 4.98 Å².